The number of aryl methyl sites for hydroxylation is 1. The summed E-state index contributed by atoms with van der Waals surface area (Å²) in [6.07, 6.45) is 0.927. The highest BCUT2D eigenvalue weighted by Crippen LogP contribution is 2.26. The fourth-order valence-corrected chi connectivity index (χ4v) is 3.25. The van der Waals surface area contributed by atoms with Gasteiger partial charge in [-0.25, -0.2) is 4.98 Å². The zero-order chi connectivity index (χ0) is 19.1. The number of carbonyl (C=O) groups is 1. The summed E-state index contributed by atoms with van der Waals surface area (Å²) >= 11 is 1.39. The van der Waals surface area contributed by atoms with E-state index in [0.717, 1.165) is 23.4 Å². The number of rotatable bonds is 8. The minimum Gasteiger partial charge on any atom is -0.494 e. The Morgan fingerprint density at radius 2 is 1.89 bits per heavy atom. The predicted octanol–water partition coefficient (Wildman–Crippen LogP) is 4.79. The fourth-order valence-electron chi connectivity index (χ4n) is 2.51. The number of benzene rings is 2. The van der Waals surface area contributed by atoms with Crippen LogP contribution in [0.2, 0.25) is 0 Å². The topological polar surface area (TPSA) is 60.5 Å². The third kappa shape index (κ3) is 5.31. The molecular formula is C21H22N2O3S. The lowest BCUT2D eigenvalue weighted by Crippen LogP contribution is -2.20. The predicted molar refractivity (Wildman–Crippen MR) is 109 cm³/mol. The molecule has 0 aliphatic rings. The molecule has 0 atom stereocenters. The second kappa shape index (κ2) is 9.19. The van der Waals surface area contributed by atoms with E-state index >= 15 is 0 Å². The zero-order valence-corrected chi connectivity index (χ0v) is 16.2. The van der Waals surface area contributed by atoms with Gasteiger partial charge in [0.2, 0.25) is 0 Å². The first kappa shape index (κ1) is 18.9. The number of ether oxygens (including phenoxy) is 2. The Morgan fingerprint density at radius 3 is 2.63 bits per heavy atom. The van der Waals surface area contributed by atoms with Crippen molar-refractivity contribution in [2.45, 2.75) is 20.3 Å². The molecule has 0 saturated carbocycles. The molecule has 5 nitrogen and oxygen atoms in total. The summed E-state index contributed by atoms with van der Waals surface area (Å²) in [5.41, 5.74) is 2.96. The summed E-state index contributed by atoms with van der Waals surface area (Å²) in [5.74, 6) is 1.29. The Balaban J connectivity index is 1.55. The van der Waals surface area contributed by atoms with Crippen LogP contribution in [0.5, 0.6) is 11.5 Å². The van der Waals surface area contributed by atoms with Gasteiger partial charge < -0.3 is 9.47 Å². The lowest BCUT2D eigenvalue weighted by atomic mass is 10.2. The van der Waals surface area contributed by atoms with E-state index in [1.54, 1.807) is 0 Å². The smallest absolute Gasteiger partial charge is 0.264 e. The van der Waals surface area contributed by atoms with Crippen molar-refractivity contribution >= 4 is 22.4 Å². The highest BCUT2D eigenvalue weighted by Gasteiger charge is 2.09. The summed E-state index contributed by atoms with van der Waals surface area (Å²) in [4.78, 5) is 16.6. The molecule has 0 aliphatic carbocycles. The van der Waals surface area contributed by atoms with Gasteiger partial charge in [-0.3, -0.25) is 10.1 Å². The van der Waals surface area contributed by atoms with Crippen LogP contribution in [-0.2, 0) is 11.2 Å². The molecule has 0 spiro atoms. The molecule has 0 bridgehead atoms. The van der Waals surface area contributed by atoms with Crippen molar-refractivity contribution in [2.75, 3.05) is 18.5 Å². The van der Waals surface area contributed by atoms with Crippen LogP contribution in [0.15, 0.2) is 53.9 Å². The number of aromatic nitrogens is 1. The summed E-state index contributed by atoms with van der Waals surface area (Å²) < 4.78 is 11.0. The standard InChI is InChI=1S/C21H22N2O3S/c1-3-15-6-5-7-18(12-15)26-13-20(24)23-21-22-19(14-27-21)16-8-10-17(11-9-16)25-4-2/h5-12,14H,3-4,13H2,1-2H3,(H,22,23,24). The number of thiazole rings is 1. The molecule has 0 unspecified atom stereocenters. The maximum absolute atomic E-state index is 12.1. The van der Waals surface area contributed by atoms with Gasteiger partial charge in [0, 0.05) is 10.9 Å². The molecule has 0 radical (unpaired) electrons. The first-order chi connectivity index (χ1) is 13.2. The van der Waals surface area contributed by atoms with Crippen LogP contribution >= 0.6 is 11.3 Å². The third-order valence-corrected chi connectivity index (χ3v) is 4.65. The Morgan fingerprint density at radius 1 is 1.07 bits per heavy atom. The normalized spacial score (nSPS) is 10.4. The van der Waals surface area contributed by atoms with E-state index in [1.807, 2.05) is 60.8 Å². The minimum absolute atomic E-state index is 0.0505. The van der Waals surface area contributed by atoms with E-state index in [9.17, 15) is 4.79 Å². The number of hydrogen-bond donors (Lipinski definition) is 1. The lowest BCUT2D eigenvalue weighted by molar-refractivity contribution is -0.118. The molecular weight excluding hydrogens is 360 g/mol. The molecule has 27 heavy (non-hydrogen) atoms. The van der Waals surface area contributed by atoms with E-state index in [0.29, 0.717) is 17.5 Å². The Kier molecular flexibility index (Phi) is 6.44. The molecule has 1 heterocycles. The van der Waals surface area contributed by atoms with E-state index in [-0.39, 0.29) is 12.5 Å². The number of amides is 1. The summed E-state index contributed by atoms with van der Waals surface area (Å²) in [7, 11) is 0. The second-order valence-corrected chi connectivity index (χ2v) is 6.69. The molecule has 1 aromatic heterocycles. The van der Waals surface area contributed by atoms with Crippen LogP contribution in [0, 0.1) is 0 Å². The molecule has 3 aromatic rings. The molecule has 2 aromatic carbocycles. The van der Waals surface area contributed by atoms with Gasteiger partial charge in [0.25, 0.3) is 5.91 Å². The maximum atomic E-state index is 12.1. The van der Waals surface area contributed by atoms with Crippen LogP contribution in [0.25, 0.3) is 11.3 Å². The van der Waals surface area contributed by atoms with Crippen LogP contribution in [0.4, 0.5) is 5.13 Å². The minimum atomic E-state index is -0.232. The summed E-state index contributed by atoms with van der Waals surface area (Å²) in [6, 6.07) is 15.5. The van der Waals surface area contributed by atoms with E-state index < -0.39 is 0 Å². The molecule has 1 N–H and O–H groups in total. The van der Waals surface area contributed by atoms with E-state index in [1.165, 1.54) is 16.9 Å². The zero-order valence-electron chi connectivity index (χ0n) is 15.4. The first-order valence-electron chi connectivity index (χ1n) is 8.88. The van der Waals surface area contributed by atoms with Crippen molar-refractivity contribution in [1.82, 2.24) is 4.98 Å². The van der Waals surface area contributed by atoms with Crippen LogP contribution in [-0.4, -0.2) is 24.1 Å². The maximum Gasteiger partial charge on any atom is 0.264 e. The van der Waals surface area contributed by atoms with Gasteiger partial charge in [0.05, 0.1) is 12.3 Å². The largest absolute Gasteiger partial charge is 0.494 e. The van der Waals surface area contributed by atoms with Crippen molar-refractivity contribution in [2.24, 2.45) is 0 Å². The van der Waals surface area contributed by atoms with Gasteiger partial charge in [-0.1, -0.05) is 19.1 Å². The van der Waals surface area contributed by atoms with Gasteiger partial charge in [0.1, 0.15) is 11.5 Å². The Bertz CT molecular complexity index is 890. The number of nitrogens with one attached hydrogen (secondary N) is 1. The Hall–Kier alpha value is -2.86. The average Bonchev–Trinajstić information content (AvgIpc) is 3.16. The first-order valence-corrected chi connectivity index (χ1v) is 9.76. The van der Waals surface area contributed by atoms with E-state index in [4.69, 9.17) is 9.47 Å². The quantitative estimate of drug-likeness (QED) is 0.609. The van der Waals surface area contributed by atoms with Crippen molar-refractivity contribution in [3.63, 3.8) is 0 Å². The molecule has 140 valence electrons. The molecule has 0 aliphatic heterocycles. The monoisotopic (exact) mass is 382 g/mol. The lowest BCUT2D eigenvalue weighted by Gasteiger charge is -2.07. The highest BCUT2D eigenvalue weighted by atomic mass is 32.1. The van der Waals surface area contributed by atoms with Gasteiger partial charge in [-0.2, -0.15) is 0 Å². The van der Waals surface area contributed by atoms with Crippen LogP contribution < -0.4 is 14.8 Å². The van der Waals surface area contributed by atoms with Crippen LogP contribution in [0.1, 0.15) is 19.4 Å². The number of anilines is 1. The molecule has 0 fully saturated rings. The van der Waals surface area contributed by atoms with E-state index in [2.05, 4.69) is 17.2 Å². The number of nitrogens with zero attached hydrogens (tertiary/aromatic N) is 1. The summed E-state index contributed by atoms with van der Waals surface area (Å²) in [5, 5.41) is 5.25. The molecule has 6 heteroatoms. The van der Waals surface area contributed by atoms with Gasteiger partial charge in [0.15, 0.2) is 11.7 Å². The van der Waals surface area contributed by atoms with Crippen molar-refractivity contribution in [3.8, 4) is 22.8 Å². The number of hydrogen-bond acceptors (Lipinski definition) is 5. The average molecular weight is 382 g/mol. The molecule has 1 amide bonds. The van der Waals surface area contributed by atoms with Gasteiger partial charge in [-0.15, -0.1) is 11.3 Å². The molecule has 0 saturated heterocycles. The second-order valence-electron chi connectivity index (χ2n) is 5.83. The Labute approximate surface area is 163 Å². The highest BCUT2D eigenvalue weighted by molar-refractivity contribution is 7.14. The van der Waals surface area contributed by atoms with Gasteiger partial charge >= 0.3 is 0 Å². The van der Waals surface area contributed by atoms with Crippen molar-refractivity contribution in [1.29, 1.82) is 0 Å². The summed E-state index contributed by atoms with van der Waals surface area (Å²) in [6.45, 7) is 4.62. The van der Waals surface area contributed by atoms with Crippen molar-refractivity contribution in [3.05, 3.63) is 59.5 Å². The third-order valence-electron chi connectivity index (χ3n) is 3.89. The van der Waals surface area contributed by atoms with Crippen LogP contribution in [0.3, 0.4) is 0 Å². The fraction of sp³-hybridized carbons (Fsp3) is 0.238. The SMILES string of the molecule is CCOc1ccc(-c2csc(NC(=O)COc3cccc(CC)c3)n2)cc1. The molecule has 3 rings (SSSR count). The number of carbonyl (C=O) groups excluding carboxylic acids is 1. The van der Waals surface area contributed by atoms with Gasteiger partial charge in [-0.05, 0) is 55.3 Å². The van der Waals surface area contributed by atoms with Crippen molar-refractivity contribution < 1.29 is 14.3 Å².